The van der Waals surface area contributed by atoms with Gasteiger partial charge in [-0.2, -0.15) is 0 Å². The molecule has 0 unspecified atom stereocenters. The number of amides is 2. The average Bonchev–Trinajstić information content (AvgIpc) is 2.98. The number of carbonyl (C=O) groups is 2. The van der Waals surface area contributed by atoms with E-state index in [1.165, 1.54) is 0 Å². The molecule has 0 bridgehead atoms. The molecule has 0 aromatic heterocycles. The zero-order chi connectivity index (χ0) is 17.6. The number of ether oxygens (including phenoxy) is 2. The van der Waals surface area contributed by atoms with Gasteiger partial charge >= 0.3 is 6.09 Å². The highest BCUT2D eigenvalue weighted by atomic mass is 16.6. The Labute approximate surface area is 142 Å². The molecule has 1 heterocycles. The molecule has 6 nitrogen and oxygen atoms in total. The molecule has 1 atom stereocenters. The first-order valence-electron chi connectivity index (χ1n) is 8.25. The largest absolute Gasteiger partial charge is 0.444 e. The highest BCUT2D eigenvalue weighted by Crippen LogP contribution is 2.14. The van der Waals surface area contributed by atoms with Crippen LogP contribution in [0.5, 0.6) is 0 Å². The van der Waals surface area contributed by atoms with Crippen molar-refractivity contribution < 1.29 is 19.1 Å². The number of nitrogens with one attached hydrogen (secondary N) is 2. The topological polar surface area (TPSA) is 76.7 Å². The van der Waals surface area contributed by atoms with E-state index in [4.69, 9.17) is 9.47 Å². The van der Waals surface area contributed by atoms with Gasteiger partial charge in [0.15, 0.2) is 0 Å². The maximum absolute atomic E-state index is 11.9. The molecule has 1 aromatic carbocycles. The molecule has 132 valence electrons. The third-order valence-corrected chi connectivity index (χ3v) is 3.58. The molecule has 2 amide bonds. The fraction of sp³-hybridized carbons (Fsp3) is 0.556. The summed E-state index contributed by atoms with van der Waals surface area (Å²) >= 11 is 0. The molecule has 1 aromatic rings. The smallest absolute Gasteiger partial charge is 0.412 e. The minimum absolute atomic E-state index is 0.00486. The summed E-state index contributed by atoms with van der Waals surface area (Å²) in [6, 6.07) is 7.17. The van der Waals surface area contributed by atoms with E-state index in [0.29, 0.717) is 24.6 Å². The van der Waals surface area contributed by atoms with E-state index in [1.807, 2.05) is 32.9 Å². The van der Waals surface area contributed by atoms with Crippen LogP contribution < -0.4 is 10.6 Å². The average molecular weight is 334 g/mol. The molecule has 2 N–H and O–H groups in total. The van der Waals surface area contributed by atoms with Crippen molar-refractivity contribution in [1.82, 2.24) is 5.32 Å². The quantitative estimate of drug-likeness (QED) is 0.868. The lowest BCUT2D eigenvalue weighted by Gasteiger charge is -2.19. The number of carbonyl (C=O) groups excluding carboxylic acids is 2. The zero-order valence-electron chi connectivity index (χ0n) is 14.6. The lowest BCUT2D eigenvalue weighted by molar-refractivity contribution is -0.120. The van der Waals surface area contributed by atoms with Crippen molar-refractivity contribution in [3.8, 4) is 0 Å². The van der Waals surface area contributed by atoms with Crippen LogP contribution in [-0.2, 0) is 20.7 Å². The number of hydrogen-bond acceptors (Lipinski definition) is 4. The van der Waals surface area contributed by atoms with Crippen molar-refractivity contribution in [3.63, 3.8) is 0 Å². The molecule has 0 aliphatic carbocycles. The van der Waals surface area contributed by atoms with Crippen LogP contribution in [-0.4, -0.2) is 37.4 Å². The molecular weight excluding hydrogens is 308 g/mol. The van der Waals surface area contributed by atoms with Gasteiger partial charge in [0.05, 0.1) is 13.0 Å². The highest BCUT2D eigenvalue weighted by molar-refractivity contribution is 5.85. The fourth-order valence-corrected chi connectivity index (χ4v) is 2.38. The Balaban J connectivity index is 1.76. The maximum Gasteiger partial charge on any atom is 0.412 e. The molecule has 1 aliphatic heterocycles. The van der Waals surface area contributed by atoms with E-state index in [1.54, 1.807) is 12.1 Å². The fourth-order valence-electron chi connectivity index (χ4n) is 2.38. The van der Waals surface area contributed by atoms with Gasteiger partial charge < -0.3 is 14.8 Å². The van der Waals surface area contributed by atoms with Crippen molar-refractivity contribution in [3.05, 3.63) is 29.8 Å². The van der Waals surface area contributed by atoms with Gasteiger partial charge in [-0.15, -0.1) is 0 Å². The van der Waals surface area contributed by atoms with Gasteiger partial charge in [0.25, 0.3) is 0 Å². The molecule has 0 radical (unpaired) electrons. The van der Waals surface area contributed by atoms with E-state index in [-0.39, 0.29) is 5.91 Å². The minimum Gasteiger partial charge on any atom is -0.444 e. The van der Waals surface area contributed by atoms with Crippen LogP contribution in [0, 0.1) is 5.92 Å². The summed E-state index contributed by atoms with van der Waals surface area (Å²) in [5, 5.41) is 5.60. The first kappa shape index (κ1) is 18.3. The van der Waals surface area contributed by atoms with Gasteiger partial charge in [0.1, 0.15) is 5.60 Å². The van der Waals surface area contributed by atoms with Crippen LogP contribution in [0.2, 0.25) is 0 Å². The van der Waals surface area contributed by atoms with Gasteiger partial charge in [0.2, 0.25) is 5.91 Å². The Morgan fingerprint density at radius 1 is 1.25 bits per heavy atom. The Hall–Kier alpha value is -2.08. The normalized spacial score (nSPS) is 17.4. The number of benzene rings is 1. The lowest BCUT2D eigenvalue weighted by Crippen LogP contribution is -2.30. The summed E-state index contributed by atoms with van der Waals surface area (Å²) in [7, 11) is 0. The van der Waals surface area contributed by atoms with Crippen LogP contribution in [0.15, 0.2) is 24.3 Å². The molecular formula is C18H26N2O4. The summed E-state index contributed by atoms with van der Waals surface area (Å²) in [6.45, 7) is 7.61. The van der Waals surface area contributed by atoms with Crippen molar-refractivity contribution >= 4 is 17.7 Å². The van der Waals surface area contributed by atoms with Crippen LogP contribution in [0.3, 0.4) is 0 Å². The van der Waals surface area contributed by atoms with Crippen LogP contribution in [0.1, 0.15) is 32.8 Å². The number of rotatable bonds is 5. The van der Waals surface area contributed by atoms with Gasteiger partial charge in [-0.3, -0.25) is 10.1 Å². The predicted octanol–water partition coefficient (Wildman–Crippen LogP) is 2.73. The van der Waals surface area contributed by atoms with Crippen molar-refractivity contribution in [1.29, 1.82) is 0 Å². The van der Waals surface area contributed by atoms with E-state index >= 15 is 0 Å². The van der Waals surface area contributed by atoms with Gasteiger partial charge in [-0.25, -0.2) is 4.79 Å². The SMILES string of the molecule is CC(C)(C)OC(=O)Nc1ccc(CC(=O)NC[C@@H]2CCOC2)cc1. The lowest BCUT2D eigenvalue weighted by atomic mass is 10.1. The van der Waals surface area contributed by atoms with Crippen molar-refractivity contribution in [2.75, 3.05) is 25.1 Å². The van der Waals surface area contributed by atoms with E-state index < -0.39 is 11.7 Å². The molecule has 2 rings (SSSR count). The molecule has 24 heavy (non-hydrogen) atoms. The monoisotopic (exact) mass is 334 g/mol. The van der Waals surface area contributed by atoms with E-state index in [2.05, 4.69) is 10.6 Å². The Bertz CT molecular complexity index is 557. The van der Waals surface area contributed by atoms with Crippen molar-refractivity contribution in [2.24, 2.45) is 5.92 Å². The predicted molar refractivity (Wildman–Crippen MR) is 91.9 cm³/mol. The van der Waals surface area contributed by atoms with E-state index in [9.17, 15) is 9.59 Å². The Kier molecular flexibility index (Phi) is 6.20. The highest BCUT2D eigenvalue weighted by Gasteiger charge is 2.17. The second-order valence-corrected chi connectivity index (χ2v) is 7.03. The third kappa shape index (κ3) is 6.58. The Morgan fingerprint density at radius 2 is 1.96 bits per heavy atom. The summed E-state index contributed by atoms with van der Waals surface area (Å²) < 4.78 is 10.5. The van der Waals surface area contributed by atoms with Crippen molar-refractivity contribution in [2.45, 2.75) is 39.2 Å². The Morgan fingerprint density at radius 3 is 2.54 bits per heavy atom. The standard InChI is InChI=1S/C18H26N2O4/c1-18(2,3)24-17(22)20-15-6-4-13(5-7-15)10-16(21)19-11-14-8-9-23-12-14/h4-7,14H,8-12H2,1-3H3,(H,19,21)(H,20,22)/t14-/m0/s1. The second-order valence-electron chi connectivity index (χ2n) is 7.03. The van der Waals surface area contributed by atoms with E-state index in [0.717, 1.165) is 25.2 Å². The first-order valence-corrected chi connectivity index (χ1v) is 8.25. The number of hydrogen-bond donors (Lipinski definition) is 2. The summed E-state index contributed by atoms with van der Waals surface area (Å²) in [5.74, 6) is 0.420. The molecule has 1 aliphatic rings. The van der Waals surface area contributed by atoms with Crippen LogP contribution >= 0.6 is 0 Å². The maximum atomic E-state index is 11.9. The third-order valence-electron chi connectivity index (χ3n) is 3.58. The molecule has 6 heteroatoms. The molecule has 0 saturated carbocycles. The molecule has 0 spiro atoms. The second kappa shape index (κ2) is 8.15. The minimum atomic E-state index is -0.535. The summed E-state index contributed by atoms with van der Waals surface area (Å²) in [6.07, 6.45) is 0.831. The van der Waals surface area contributed by atoms with Crippen LogP contribution in [0.25, 0.3) is 0 Å². The van der Waals surface area contributed by atoms with Gasteiger partial charge in [-0.1, -0.05) is 12.1 Å². The first-order chi connectivity index (χ1) is 11.3. The summed E-state index contributed by atoms with van der Waals surface area (Å²) in [5.41, 5.74) is 0.994. The summed E-state index contributed by atoms with van der Waals surface area (Å²) in [4.78, 5) is 23.6. The van der Waals surface area contributed by atoms with Gasteiger partial charge in [-0.05, 0) is 44.9 Å². The molecule has 1 saturated heterocycles. The molecule has 1 fully saturated rings. The number of anilines is 1. The zero-order valence-corrected chi connectivity index (χ0v) is 14.6. The van der Waals surface area contributed by atoms with Gasteiger partial charge in [0, 0.05) is 24.8 Å². The van der Waals surface area contributed by atoms with Crippen LogP contribution in [0.4, 0.5) is 10.5 Å².